The van der Waals surface area contributed by atoms with Crippen LogP contribution >= 0.6 is 0 Å². The summed E-state index contributed by atoms with van der Waals surface area (Å²) in [6, 6.07) is -0.390. The molecule has 1 aliphatic heterocycles. The number of ketones is 1. The van der Waals surface area contributed by atoms with Crippen LogP contribution in [0.15, 0.2) is 11.8 Å². The van der Waals surface area contributed by atoms with Gasteiger partial charge in [0.05, 0.1) is 6.04 Å². The predicted octanol–water partition coefficient (Wildman–Crippen LogP) is -1.47. The number of carbonyl (C=O) groups excluding carboxylic acids is 1. The van der Waals surface area contributed by atoms with Crippen molar-refractivity contribution in [1.29, 1.82) is 0 Å². The Bertz CT molecular complexity index is 264. The van der Waals surface area contributed by atoms with Gasteiger partial charge in [0, 0.05) is 11.8 Å². The Labute approximate surface area is 82.1 Å². The van der Waals surface area contributed by atoms with Crippen LogP contribution in [0.1, 0.15) is 13.8 Å². The molecule has 1 heterocycles. The molecule has 5 heteroatoms. The lowest BCUT2D eigenvalue weighted by Crippen LogP contribution is -2.57. The van der Waals surface area contributed by atoms with Crippen LogP contribution in [-0.4, -0.2) is 45.5 Å². The number of piperidine rings is 1. The van der Waals surface area contributed by atoms with Crippen molar-refractivity contribution in [2.45, 2.75) is 38.2 Å². The molecule has 0 bridgehead atoms. The maximum Gasteiger partial charge on any atom is 0.154 e. The Hall–Kier alpha value is -0.910. The SMILES string of the molecule is CC(=O)/C=C1\N[C@@H](C)[C@@H](O)[C@@H](O)[C@@H]1O. The number of rotatable bonds is 1. The molecule has 4 atom stereocenters. The Morgan fingerprint density at radius 1 is 1.36 bits per heavy atom. The van der Waals surface area contributed by atoms with E-state index in [1.165, 1.54) is 13.0 Å². The summed E-state index contributed by atoms with van der Waals surface area (Å²) in [5.41, 5.74) is 0.253. The van der Waals surface area contributed by atoms with Crippen molar-refractivity contribution in [2.75, 3.05) is 0 Å². The highest BCUT2D eigenvalue weighted by molar-refractivity contribution is 5.88. The summed E-state index contributed by atoms with van der Waals surface area (Å²) < 4.78 is 0. The van der Waals surface area contributed by atoms with Gasteiger partial charge in [-0.2, -0.15) is 0 Å². The minimum absolute atomic E-state index is 0.220. The summed E-state index contributed by atoms with van der Waals surface area (Å²) in [5.74, 6) is -0.220. The monoisotopic (exact) mass is 201 g/mol. The van der Waals surface area contributed by atoms with Crippen LogP contribution in [-0.2, 0) is 4.79 Å². The van der Waals surface area contributed by atoms with E-state index in [1.807, 2.05) is 0 Å². The van der Waals surface area contributed by atoms with Gasteiger partial charge in [0.1, 0.15) is 18.3 Å². The molecule has 0 aromatic carbocycles. The summed E-state index contributed by atoms with van der Waals surface area (Å²) in [5, 5.41) is 31.0. The lowest BCUT2D eigenvalue weighted by atomic mass is 9.94. The predicted molar refractivity (Wildman–Crippen MR) is 49.4 cm³/mol. The van der Waals surface area contributed by atoms with Gasteiger partial charge in [0.15, 0.2) is 5.78 Å². The first-order valence-corrected chi connectivity index (χ1v) is 4.46. The maximum absolute atomic E-state index is 10.8. The standard InChI is InChI=1S/C9H15NO4/c1-4(11)3-6-8(13)9(14)7(12)5(2)10-6/h3,5,7-10,12-14H,1-2H3/b6-3-/t5-,7+,8+,9+/m0/s1. The maximum atomic E-state index is 10.8. The molecule has 0 aromatic heterocycles. The Morgan fingerprint density at radius 2 is 1.93 bits per heavy atom. The third-order valence-electron chi connectivity index (χ3n) is 2.26. The second kappa shape index (κ2) is 4.08. The second-order valence-electron chi connectivity index (χ2n) is 3.57. The minimum Gasteiger partial charge on any atom is -0.388 e. The highest BCUT2D eigenvalue weighted by Gasteiger charge is 2.36. The van der Waals surface area contributed by atoms with E-state index in [0.717, 1.165) is 0 Å². The van der Waals surface area contributed by atoms with Gasteiger partial charge in [-0.25, -0.2) is 0 Å². The molecular weight excluding hydrogens is 186 g/mol. The number of hydrogen-bond acceptors (Lipinski definition) is 5. The zero-order chi connectivity index (χ0) is 10.9. The van der Waals surface area contributed by atoms with Crippen molar-refractivity contribution in [2.24, 2.45) is 0 Å². The first kappa shape index (κ1) is 11.2. The fraction of sp³-hybridized carbons (Fsp3) is 0.667. The third-order valence-corrected chi connectivity index (χ3v) is 2.26. The summed E-state index contributed by atoms with van der Waals surface area (Å²) in [7, 11) is 0. The average Bonchev–Trinajstić information content (AvgIpc) is 2.10. The van der Waals surface area contributed by atoms with Gasteiger partial charge in [0.25, 0.3) is 0 Å². The van der Waals surface area contributed by atoms with Crippen molar-refractivity contribution in [3.05, 3.63) is 11.8 Å². The fourth-order valence-corrected chi connectivity index (χ4v) is 1.45. The lowest BCUT2D eigenvalue weighted by molar-refractivity contribution is -0.113. The summed E-state index contributed by atoms with van der Waals surface area (Å²) in [6.45, 7) is 3.01. The molecule has 1 rings (SSSR count). The highest BCUT2D eigenvalue weighted by Crippen LogP contribution is 2.17. The molecular formula is C9H15NO4. The number of carbonyl (C=O) groups is 1. The molecule has 0 aliphatic carbocycles. The van der Waals surface area contributed by atoms with Crippen LogP contribution in [0.5, 0.6) is 0 Å². The number of aliphatic hydroxyl groups excluding tert-OH is 3. The van der Waals surface area contributed by atoms with Gasteiger partial charge < -0.3 is 20.6 Å². The van der Waals surface area contributed by atoms with Crippen LogP contribution in [0.3, 0.4) is 0 Å². The largest absolute Gasteiger partial charge is 0.388 e. The molecule has 14 heavy (non-hydrogen) atoms. The zero-order valence-electron chi connectivity index (χ0n) is 8.14. The molecule has 0 saturated carbocycles. The molecule has 0 spiro atoms. The highest BCUT2D eigenvalue weighted by atomic mass is 16.4. The Kier molecular flexibility index (Phi) is 3.25. The van der Waals surface area contributed by atoms with E-state index in [9.17, 15) is 20.1 Å². The van der Waals surface area contributed by atoms with Crippen molar-refractivity contribution >= 4 is 5.78 Å². The molecule has 1 fully saturated rings. The number of allylic oxidation sites excluding steroid dienone is 1. The van der Waals surface area contributed by atoms with E-state index in [0.29, 0.717) is 0 Å². The first-order chi connectivity index (χ1) is 6.43. The van der Waals surface area contributed by atoms with E-state index < -0.39 is 18.3 Å². The van der Waals surface area contributed by atoms with Crippen LogP contribution in [0.25, 0.3) is 0 Å². The zero-order valence-corrected chi connectivity index (χ0v) is 8.14. The van der Waals surface area contributed by atoms with Gasteiger partial charge in [-0.15, -0.1) is 0 Å². The van der Waals surface area contributed by atoms with Crippen molar-refractivity contribution < 1.29 is 20.1 Å². The van der Waals surface area contributed by atoms with E-state index in [4.69, 9.17) is 0 Å². The smallest absolute Gasteiger partial charge is 0.154 e. The van der Waals surface area contributed by atoms with E-state index >= 15 is 0 Å². The molecule has 1 saturated heterocycles. The molecule has 0 radical (unpaired) electrons. The molecule has 0 unspecified atom stereocenters. The third kappa shape index (κ3) is 2.12. The number of hydrogen-bond donors (Lipinski definition) is 4. The molecule has 4 N–H and O–H groups in total. The van der Waals surface area contributed by atoms with E-state index in [2.05, 4.69) is 5.32 Å². The second-order valence-corrected chi connectivity index (χ2v) is 3.57. The molecule has 0 aromatic rings. The lowest BCUT2D eigenvalue weighted by Gasteiger charge is -2.36. The molecule has 1 aliphatic rings. The molecule has 0 amide bonds. The van der Waals surface area contributed by atoms with Crippen LogP contribution in [0.4, 0.5) is 0 Å². The summed E-state index contributed by atoms with van der Waals surface area (Å²) in [4.78, 5) is 10.8. The van der Waals surface area contributed by atoms with Gasteiger partial charge in [-0.05, 0) is 13.8 Å². The first-order valence-electron chi connectivity index (χ1n) is 4.46. The van der Waals surface area contributed by atoms with E-state index in [-0.39, 0.29) is 17.5 Å². The van der Waals surface area contributed by atoms with Gasteiger partial charge in [0.2, 0.25) is 0 Å². The van der Waals surface area contributed by atoms with Crippen LogP contribution in [0.2, 0.25) is 0 Å². The number of aliphatic hydroxyl groups is 3. The van der Waals surface area contributed by atoms with Crippen molar-refractivity contribution in [3.63, 3.8) is 0 Å². The van der Waals surface area contributed by atoms with Crippen molar-refractivity contribution in [3.8, 4) is 0 Å². The van der Waals surface area contributed by atoms with Gasteiger partial charge in [-0.1, -0.05) is 0 Å². The Balaban J connectivity index is 2.85. The van der Waals surface area contributed by atoms with Crippen LogP contribution in [0, 0.1) is 0 Å². The van der Waals surface area contributed by atoms with Crippen LogP contribution < -0.4 is 5.32 Å². The van der Waals surface area contributed by atoms with Gasteiger partial charge in [-0.3, -0.25) is 4.79 Å². The van der Waals surface area contributed by atoms with E-state index in [1.54, 1.807) is 6.92 Å². The quantitative estimate of drug-likeness (QED) is 0.389. The Morgan fingerprint density at radius 3 is 2.43 bits per heavy atom. The average molecular weight is 201 g/mol. The van der Waals surface area contributed by atoms with Crippen molar-refractivity contribution in [1.82, 2.24) is 5.32 Å². The normalized spacial score (nSPS) is 40.8. The molecule has 5 nitrogen and oxygen atoms in total. The fourth-order valence-electron chi connectivity index (χ4n) is 1.45. The minimum atomic E-state index is -1.25. The summed E-state index contributed by atoms with van der Waals surface area (Å²) in [6.07, 6.45) is -2.30. The summed E-state index contributed by atoms with van der Waals surface area (Å²) >= 11 is 0. The topological polar surface area (TPSA) is 89.8 Å². The van der Waals surface area contributed by atoms with Gasteiger partial charge >= 0.3 is 0 Å². The number of nitrogens with one attached hydrogen (secondary N) is 1. The molecule has 80 valence electrons.